The molecule has 0 saturated carbocycles. The fraction of sp³-hybridized carbons (Fsp3) is 0.0714. The van der Waals surface area contributed by atoms with Crippen molar-refractivity contribution in [2.24, 2.45) is 0 Å². The Kier molecular flexibility index (Phi) is 2.68. The van der Waals surface area contributed by atoms with Crippen molar-refractivity contribution in [2.75, 3.05) is 0 Å². The van der Waals surface area contributed by atoms with E-state index in [1.165, 1.54) is 0 Å². The van der Waals surface area contributed by atoms with Crippen LogP contribution in [-0.4, -0.2) is 5.97 Å². The van der Waals surface area contributed by atoms with Gasteiger partial charge in [-0.15, -0.1) is 0 Å². The lowest BCUT2D eigenvalue weighted by Gasteiger charge is -2.08. The van der Waals surface area contributed by atoms with E-state index >= 15 is 0 Å². The molecule has 0 atom stereocenters. The number of fused-ring (bicyclic) bond motifs is 1. The predicted molar refractivity (Wildman–Crippen MR) is 67.3 cm³/mol. The molecule has 1 heterocycles. The van der Waals surface area contributed by atoms with Crippen LogP contribution in [-0.2, 0) is 11.2 Å². The molecular weight excluding hydrogens is 252 g/mol. The molecule has 0 amide bonds. The van der Waals surface area contributed by atoms with E-state index in [9.17, 15) is 4.79 Å². The minimum Gasteiger partial charge on any atom is -0.453 e. The molecule has 0 aliphatic carbocycles. The van der Waals surface area contributed by atoms with Crippen LogP contribution in [0.4, 0.5) is 0 Å². The quantitative estimate of drug-likeness (QED) is 0.611. The smallest absolute Gasteiger partial charge is 0.315 e. The van der Waals surface area contributed by atoms with Crippen LogP contribution in [0.25, 0.3) is 0 Å². The number of carbonyl (C=O) groups excluding carboxylic acids is 1. The molecule has 0 radical (unpaired) electrons. The van der Waals surface area contributed by atoms with E-state index in [2.05, 4.69) is 0 Å². The fourth-order valence-corrected chi connectivity index (χ4v) is 1.96. The number of para-hydroxylation sites is 1. The summed E-state index contributed by atoms with van der Waals surface area (Å²) in [5.41, 5.74) is 0.853. The first-order chi connectivity index (χ1) is 8.72. The summed E-state index contributed by atoms with van der Waals surface area (Å²) in [6, 6.07) is 12.5. The predicted octanol–water partition coefficient (Wildman–Crippen LogP) is 3.59. The van der Waals surface area contributed by atoms with E-state index in [1.54, 1.807) is 30.3 Å². The van der Waals surface area contributed by atoms with Crippen LogP contribution in [0.5, 0.6) is 17.2 Å². The molecule has 0 spiro atoms. The van der Waals surface area contributed by atoms with Gasteiger partial charge in [-0.1, -0.05) is 23.7 Å². The molecule has 1 aliphatic rings. The summed E-state index contributed by atoms with van der Waals surface area (Å²) in [4.78, 5) is 11.3. The van der Waals surface area contributed by atoms with E-state index in [-0.39, 0.29) is 5.97 Å². The van der Waals surface area contributed by atoms with Gasteiger partial charge in [-0.3, -0.25) is 4.79 Å². The van der Waals surface area contributed by atoms with Crippen molar-refractivity contribution in [3.63, 3.8) is 0 Å². The number of carbonyl (C=O) groups is 1. The van der Waals surface area contributed by atoms with Crippen molar-refractivity contribution in [3.8, 4) is 17.2 Å². The lowest BCUT2D eigenvalue weighted by Crippen LogP contribution is -2.00. The Labute approximate surface area is 109 Å². The number of ether oxygens (including phenoxy) is 2. The van der Waals surface area contributed by atoms with Gasteiger partial charge in [-0.25, -0.2) is 0 Å². The molecule has 4 heteroatoms. The zero-order valence-electron chi connectivity index (χ0n) is 9.35. The zero-order valence-corrected chi connectivity index (χ0v) is 10.1. The van der Waals surface area contributed by atoms with Gasteiger partial charge in [0.2, 0.25) is 0 Å². The molecule has 0 bridgehead atoms. The maximum absolute atomic E-state index is 11.3. The molecule has 1 aliphatic heterocycles. The minimum atomic E-state index is -0.253. The summed E-state index contributed by atoms with van der Waals surface area (Å²) in [5.74, 6) is 1.45. The molecule has 90 valence electrons. The number of benzene rings is 2. The van der Waals surface area contributed by atoms with E-state index in [4.69, 9.17) is 21.1 Å². The first-order valence-corrected chi connectivity index (χ1v) is 5.86. The van der Waals surface area contributed by atoms with Gasteiger partial charge in [0.05, 0.1) is 6.42 Å². The SMILES string of the molecule is O=C1Cc2cccc(Oc3ccc(Cl)cc3)c2O1. The second kappa shape index (κ2) is 4.35. The Hall–Kier alpha value is -2.00. The summed E-state index contributed by atoms with van der Waals surface area (Å²) in [5, 5.41) is 0.645. The first kappa shape index (κ1) is 11.1. The van der Waals surface area contributed by atoms with Gasteiger partial charge < -0.3 is 9.47 Å². The number of esters is 1. The van der Waals surface area contributed by atoms with Gasteiger partial charge in [-0.05, 0) is 30.3 Å². The van der Waals surface area contributed by atoms with E-state index in [0.717, 1.165) is 5.56 Å². The summed E-state index contributed by atoms with van der Waals surface area (Å²) < 4.78 is 10.8. The lowest BCUT2D eigenvalue weighted by atomic mass is 10.1. The van der Waals surface area contributed by atoms with Crippen LogP contribution in [0.15, 0.2) is 42.5 Å². The van der Waals surface area contributed by atoms with Gasteiger partial charge in [0.1, 0.15) is 5.75 Å². The van der Waals surface area contributed by atoms with Crippen molar-refractivity contribution in [1.82, 2.24) is 0 Å². The Morgan fingerprint density at radius 3 is 2.67 bits per heavy atom. The molecule has 3 rings (SSSR count). The van der Waals surface area contributed by atoms with Crippen molar-refractivity contribution >= 4 is 17.6 Å². The third kappa shape index (κ3) is 2.05. The number of halogens is 1. The topological polar surface area (TPSA) is 35.5 Å². The molecule has 18 heavy (non-hydrogen) atoms. The van der Waals surface area contributed by atoms with E-state index < -0.39 is 0 Å². The first-order valence-electron chi connectivity index (χ1n) is 5.48. The highest BCUT2D eigenvalue weighted by molar-refractivity contribution is 6.30. The molecule has 0 N–H and O–H groups in total. The minimum absolute atomic E-state index is 0.253. The van der Waals surface area contributed by atoms with E-state index in [0.29, 0.717) is 28.7 Å². The second-order valence-electron chi connectivity index (χ2n) is 3.95. The van der Waals surface area contributed by atoms with Gasteiger partial charge in [0, 0.05) is 10.6 Å². The highest BCUT2D eigenvalue weighted by Gasteiger charge is 2.24. The Balaban J connectivity index is 1.92. The van der Waals surface area contributed by atoms with Crippen molar-refractivity contribution in [1.29, 1.82) is 0 Å². The standard InChI is InChI=1S/C14H9ClO3/c15-10-4-6-11(7-5-10)17-12-3-1-2-9-8-13(16)18-14(9)12/h1-7H,8H2. The third-order valence-corrected chi connectivity index (χ3v) is 2.90. The second-order valence-corrected chi connectivity index (χ2v) is 4.39. The Bertz CT molecular complexity index is 605. The molecule has 0 unspecified atom stereocenters. The van der Waals surface area contributed by atoms with Crippen LogP contribution >= 0.6 is 11.6 Å². The lowest BCUT2D eigenvalue weighted by molar-refractivity contribution is -0.131. The summed E-state index contributed by atoms with van der Waals surface area (Å²) >= 11 is 5.80. The van der Waals surface area contributed by atoms with Crippen molar-refractivity contribution in [3.05, 3.63) is 53.1 Å². The average Bonchev–Trinajstić information content (AvgIpc) is 2.73. The number of rotatable bonds is 2. The fourth-order valence-electron chi connectivity index (χ4n) is 1.83. The highest BCUT2D eigenvalue weighted by Crippen LogP contribution is 2.38. The van der Waals surface area contributed by atoms with Gasteiger partial charge in [0.25, 0.3) is 0 Å². The van der Waals surface area contributed by atoms with Gasteiger partial charge >= 0.3 is 5.97 Å². The Morgan fingerprint density at radius 1 is 1.11 bits per heavy atom. The summed E-state index contributed by atoms with van der Waals surface area (Å²) in [6.07, 6.45) is 0.299. The average molecular weight is 261 g/mol. The zero-order chi connectivity index (χ0) is 12.5. The van der Waals surface area contributed by atoms with Crippen LogP contribution in [0.3, 0.4) is 0 Å². The highest BCUT2D eigenvalue weighted by atomic mass is 35.5. The summed E-state index contributed by atoms with van der Waals surface area (Å²) in [7, 11) is 0. The maximum Gasteiger partial charge on any atom is 0.315 e. The largest absolute Gasteiger partial charge is 0.453 e. The molecule has 2 aromatic rings. The Morgan fingerprint density at radius 2 is 1.89 bits per heavy atom. The van der Waals surface area contributed by atoms with Gasteiger partial charge in [-0.2, -0.15) is 0 Å². The molecular formula is C14H9ClO3. The molecule has 3 nitrogen and oxygen atoms in total. The molecule has 2 aromatic carbocycles. The number of hydrogen-bond acceptors (Lipinski definition) is 3. The molecule has 0 fully saturated rings. The summed E-state index contributed by atoms with van der Waals surface area (Å²) in [6.45, 7) is 0. The third-order valence-electron chi connectivity index (χ3n) is 2.65. The van der Waals surface area contributed by atoms with Crippen LogP contribution in [0, 0.1) is 0 Å². The normalized spacial score (nSPS) is 13.1. The van der Waals surface area contributed by atoms with Crippen LogP contribution in [0.1, 0.15) is 5.56 Å². The van der Waals surface area contributed by atoms with Crippen molar-refractivity contribution in [2.45, 2.75) is 6.42 Å². The monoisotopic (exact) mass is 260 g/mol. The van der Waals surface area contributed by atoms with Crippen molar-refractivity contribution < 1.29 is 14.3 Å². The number of hydrogen-bond donors (Lipinski definition) is 0. The van der Waals surface area contributed by atoms with Crippen LogP contribution < -0.4 is 9.47 Å². The molecule has 0 saturated heterocycles. The van der Waals surface area contributed by atoms with E-state index in [1.807, 2.05) is 12.1 Å². The van der Waals surface area contributed by atoms with Gasteiger partial charge in [0.15, 0.2) is 11.5 Å². The van der Waals surface area contributed by atoms with Crippen LogP contribution in [0.2, 0.25) is 5.02 Å². The maximum atomic E-state index is 11.3. The molecule has 0 aromatic heterocycles.